The molecule has 0 spiro atoms. The Kier molecular flexibility index (Phi) is 6.36. The van der Waals surface area contributed by atoms with E-state index in [1.54, 1.807) is 0 Å². The molecule has 0 aliphatic carbocycles. The molecule has 1 aromatic rings. The molecule has 0 atom stereocenters. The monoisotopic (exact) mass is 366 g/mol. The molecule has 0 bridgehead atoms. The minimum Gasteiger partial charge on any atom is -0.464 e. The van der Waals surface area contributed by atoms with E-state index in [0.29, 0.717) is 0 Å². The maximum atomic E-state index is 14.0. The van der Waals surface area contributed by atoms with Crippen LogP contribution in [0.4, 0.5) is 13.2 Å². The number of benzene rings is 1. The number of carbonyl (C=O) groups excluding carboxylic acids is 3. The molecule has 132 valence electrons. The number of alkyl halides is 1. The maximum absolute atomic E-state index is 14.0. The van der Waals surface area contributed by atoms with Crippen molar-refractivity contribution in [2.45, 2.75) is 25.6 Å². The quantitative estimate of drug-likeness (QED) is 0.254. The summed E-state index contributed by atoms with van der Waals surface area (Å²) >= 11 is 5.84. The van der Waals surface area contributed by atoms with Gasteiger partial charge in [-0.05, 0) is 20.8 Å². The van der Waals surface area contributed by atoms with Gasteiger partial charge in [0.25, 0.3) is 4.87 Å². The lowest BCUT2D eigenvalue weighted by molar-refractivity contribution is -0.156. The molecule has 0 aliphatic rings. The number of esters is 2. The lowest BCUT2D eigenvalue weighted by atomic mass is 9.92. The van der Waals surface area contributed by atoms with Crippen LogP contribution in [-0.4, -0.2) is 35.8 Å². The number of carbonyl (C=O) groups is 3. The zero-order valence-electron chi connectivity index (χ0n) is 13.0. The van der Waals surface area contributed by atoms with Crippen LogP contribution in [0.1, 0.15) is 29.8 Å². The molecular weight excluding hydrogens is 353 g/mol. The fraction of sp³-hybridized carbons (Fsp3) is 0.400. The van der Waals surface area contributed by atoms with Crippen LogP contribution in [0.15, 0.2) is 6.07 Å². The van der Waals surface area contributed by atoms with Crippen LogP contribution in [0, 0.1) is 24.4 Å². The Hall–Kier alpha value is -2.09. The minimum absolute atomic E-state index is 0.114. The molecule has 1 rings (SSSR count). The van der Waals surface area contributed by atoms with Crippen molar-refractivity contribution in [3.63, 3.8) is 0 Å². The molecule has 0 unspecified atom stereocenters. The van der Waals surface area contributed by atoms with Crippen molar-refractivity contribution in [3.8, 4) is 0 Å². The molecule has 0 amide bonds. The van der Waals surface area contributed by atoms with Crippen LogP contribution in [-0.2, 0) is 19.1 Å². The summed E-state index contributed by atoms with van der Waals surface area (Å²) in [6.07, 6.45) is 0. The summed E-state index contributed by atoms with van der Waals surface area (Å²) in [5, 5.41) is 0. The van der Waals surface area contributed by atoms with Crippen molar-refractivity contribution in [3.05, 3.63) is 34.6 Å². The van der Waals surface area contributed by atoms with Crippen LogP contribution >= 0.6 is 11.6 Å². The summed E-state index contributed by atoms with van der Waals surface area (Å²) in [6.45, 7) is 3.20. The Morgan fingerprint density at radius 1 is 1.04 bits per heavy atom. The van der Waals surface area contributed by atoms with E-state index >= 15 is 0 Å². The molecule has 0 radical (unpaired) electrons. The number of ether oxygens (including phenoxy) is 2. The Morgan fingerprint density at radius 3 is 1.92 bits per heavy atom. The van der Waals surface area contributed by atoms with Gasteiger partial charge in [0.05, 0.1) is 18.8 Å². The Bertz CT molecular complexity index is 672. The van der Waals surface area contributed by atoms with Gasteiger partial charge in [-0.3, -0.25) is 4.79 Å². The predicted molar refractivity (Wildman–Crippen MR) is 77.2 cm³/mol. The second kappa shape index (κ2) is 7.65. The van der Waals surface area contributed by atoms with Gasteiger partial charge in [0.1, 0.15) is 5.82 Å². The Labute approximate surface area is 140 Å². The highest BCUT2D eigenvalue weighted by Gasteiger charge is 2.56. The van der Waals surface area contributed by atoms with Gasteiger partial charge in [0.2, 0.25) is 5.78 Å². The summed E-state index contributed by atoms with van der Waals surface area (Å²) in [6, 6.07) is 0.114. The minimum atomic E-state index is -3.07. The first-order valence-electron chi connectivity index (χ1n) is 6.85. The molecule has 5 nitrogen and oxygen atoms in total. The van der Waals surface area contributed by atoms with E-state index < -0.39 is 51.2 Å². The van der Waals surface area contributed by atoms with Crippen molar-refractivity contribution in [1.29, 1.82) is 0 Å². The number of Topliss-reactive ketones (excluding diaryl/α,β-unsaturated/α-hetero) is 1. The van der Waals surface area contributed by atoms with E-state index in [2.05, 4.69) is 9.47 Å². The van der Waals surface area contributed by atoms with Gasteiger partial charge < -0.3 is 9.47 Å². The topological polar surface area (TPSA) is 69.7 Å². The first kappa shape index (κ1) is 20.0. The van der Waals surface area contributed by atoms with E-state index in [1.807, 2.05) is 0 Å². The van der Waals surface area contributed by atoms with Crippen LogP contribution in [0.3, 0.4) is 0 Å². The lowest BCUT2D eigenvalue weighted by Crippen LogP contribution is -2.51. The molecule has 0 aliphatic heterocycles. The van der Waals surface area contributed by atoms with E-state index in [1.165, 1.54) is 13.8 Å². The highest BCUT2D eigenvalue weighted by Crippen LogP contribution is 2.30. The standard InChI is InChI=1S/C15H14ClF3O5/c1-4-23-13(21)15(16,14(22)24-5-2)12(20)10-7(3)11(19)9(18)6-8(10)17/h6H,4-5H2,1-3H3. The van der Waals surface area contributed by atoms with Crippen LogP contribution in [0.25, 0.3) is 0 Å². The van der Waals surface area contributed by atoms with Gasteiger partial charge in [-0.2, -0.15) is 0 Å². The van der Waals surface area contributed by atoms with Gasteiger partial charge >= 0.3 is 11.9 Å². The fourth-order valence-corrected chi connectivity index (χ4v) is 2.10. The highest BCUT2D eigenvalue weighted by atomic mass is 35.5. The molecule has 0 N–H and O–H groups in total. The van der Waals surface area contributed by atoms with Gasteiger partial charge in [0.15, 0.2) is 11.6 Å². The summed E-state index contributed by atoms with van der Waals surface area (Å²) in [4.78, 5) is 33.5. The first-order chi connectivity index (χ1) is 11.1. The SMILES string of the molecule is CCOC(=O)C(Cl)(C(=O)OCC)C(=O)c1c(F)cc(F)c(F)c1C. The van der Waals surface area contributed by atoms with Crippen LogP contribution < -0.4 is 0 Å². The third kappa shape index (κ3) is 3.38. The predicted octanol–water partition coefficient (Wildman–Crippen LogP) is 2.70. The van der Waals surface area contributed by atoms with Gasteiger partial charge in [-0.15, -0.1) is 0 Å². The molecule has 0 fully saturated rings. The third-order valence-corrected chi connectivity index (χ3v) is 3.54. The molecule has 24 heavy (non-hydrogen) atoms. The van der Waals surface area contributed by atoms with E-state index in [-0.39, 0.29) is 19.3 Å². The summed E-state index contributed by atoms with van der Waals surface area (Å²) < 4.78 is 50.0. The zero-order valence-corrected chi connectivity index (χ0v) is 13.8. The second-order valence-electron chi connectivity index (χ2n) is 4.58. The van der Waals surface area contributed by atoms with E-state index in [9.17, 15) is 27.6 Å². The normalized spacial score (nSPS) is 11.1. The number of rotatable bonds is 6. The molecule has 1 aromatic carbocycles. The largest absolute Gasteiger partial charge is 0.464 e. The van der Waals surface area contributed by atoms with Gasteiger partial charge in [-0.1, -0.05) is 11.6 Å². The number of hydrogen-bond acceptors (Lipinski definition) is 5. The number of halogens is 4. The van der Waals surface area contributed by atoms with E-state index in [0.717, 1.165) is 6.92 Å². The number of hydrogen-bond donors (Lipinski definition) is 0. The molecule has 9 heteroatoms. The van der Waals surface area contributed by atoms with Gasteiger partial charge in [-0.25, -0.2) is 22.8 Å². The molecular formula is C15H14ClF3O5. The van der Waals surface area contributed by atoms with E-state index in [4.69, 9.17) is 11.6 Å². The van der Waals surface area contributed by atoms with Crippen molar-refractivity contribution in [2.24, 2.45) is 0 Å². The Morgan fingerprint density at radius 2 is 1.50 bits per heavy atom. The van der Waals surface area contributed by atoms with Crippen molar-refractivity contribution >= 4 is 29.3 Å². The van der Waals surface area contributed by atoms with Crippen molar-refractivity contribution < 1.29 is 37.0 Å². The van der Waals surface area contributed by atoms with Crippen LogP contribution in [0.5, 0.6) is 0 Å². The second-order valence-corrected chi connectivity index (χ2v) is 5.15. The lowest BCUT2D eigenvalue weighted by Gasteiger charge is -2.22. The summed E-state index contributed by atoms with van der Waals surface area (Å²) in [5.41, 5.74) is -1.78. The highest BCUT2D eigenvalue weighted by molar-refractivity contribution is 6.58. The summed E-state index contributed by atoms with van der Waals surface area (Å²) in [7, 11) is 0. The molecule has 0 heterocycles. The number of ketones is 1. The van der Waals surface area contributed by atoms with Crippen LogP contribution in [0.2, 0.25) is 0 Å². The zero-order chi connectivity index (χ0) is 18.7. The average molecular weight is 367 g/mol. The van der Waals surface area contributed by atoms with Crippen molar-refractivity contribution in [1.82, 2.24) is 0 Å². The maximum Gasteiger partial charge on any atom is 0.347 e. The fourth-order valence-electron chi connectivity index (χ4n) is 1.90. The molecule has 0 saturated carbocycles. The third-order valence-electron chi connectivity index (χ3n) is 3.06. The molecule has 0 saturated heterocycles. The first-order valence-corrected chi connectivity index (χ1v) is 7.22. The van der Waals surface area contributed by atoms with Gasteiger partial charge in [0, 0.05) is 11.6 Å². The Balaban J connectivity index is 3.56. The summed E-state index contributed by atoms with van der Waals surface area (Å²) in [5.74, 6) is -9.12. The van der Waals surface area contributed by atoms with Crippen molar-refractivity contribution in [2.75, 3.05) is 13.2 Å². The average Bonchev–Trinajstić information content (AvgIpc) is 2.52. The molecule has 0 aromatic heterocycles. The smallest absolute Gasteiger partial charge is 0.347 e.